The van der Waals surface area contributed by atoms with E-state index in [1.54, 1.807) is 10.8 Å². The van der Waals surface area contributed by atoms with Gasteiger partial charge in [-0.25, -0.2) is 0 Å². The smallest absolute Gasteiger partial charge is 0.222 e. The highest BCUT2D eigenvalue weighted by Crippen LogP contribution is 2.36. The summed E-state index contributed by atoms with van der Waals surface area (Å²) in [6.07, 6.45) is 3.66. The summed E-state index contributed by atoms with van der Waals surface area (Å²) in [5, 5.41) is 10.8. The summed E-state index contributed by atoms with van der Waals surface area (Å²) in [4.78, 5) is 7.51. The number of H-pyrrole nitrogens is 1. The summed E-state index contributed by atoms with van der Waals surface area (Å²) >= 11 is 8.93. The quantitative estimate of drug-likeness (QED) is 0.503. The molecule has 1 aromatic heterocycles. The Kier molecular flexibility index (Phi) is 4.17. The Morgan fingerprint density at radius 3 is 2.73 bits per heavy atom. The first kappa shape index (κ1) is 17.0. The third kappa shape index (κ3) is 2.85. The number of aryl methyl sites for hydroxylation is 2. The van der Waals surface area contributed by atoms with E-state index in [0.29, 0.717) is 10.5 Å². The van der Waals surface area contributed by atoms with Crippen molar-refractivity contribution in [3.63, 3.8) is 0 Å². The van der Waals surface area contributed by atoms with Crippen molar-refractivity contribution in [2.75, 3.05) is 0 Å². The van der Waals surface area contributed by atoms with Crippen LogP contribution in [0.15, 0.2) is 45.9 Å². The van der Waals surface area contributed by atoms with Crippen molar-refractivity contribution in [1.82, 2.24) is 9.55 Å². The molecule has 0 aliphatic carbocycles. The van der Waals surface area contributed by atoms with E-state index in [1.165, 1.54) is 5.56 Å². The zero-order chi connectivity index (χ0) is 18.4. The van der Waals surface area contributed by atoms with Gasteiger partial charge in [-0.15, -0.1) is 0 Å². The Hall–Kier alpha value is -2.44. The van der Waals surface area contributed by atoms with Crippen LogP contribution in [-0.4, -0.2) is 20.9 Å². The fourth-order valence-electron chi connectivity index (χ4n) is 2.98. The van der Waals surface area contributed by atoms with Gasteiger partial charge in [0, 0.05) is 21.8 Å². The van der Waals surface area contributed by atoms with Crippen LogP contribution in [-0.2, 0) is 0 Å². The van der Waals surface area contributed by atoms with Crippen molar-refractivity contribution >= 4 is 51.7 Å². The van der Waals surface area contributed by atoms with Crippen LogP contribution in [0, 0.1) is 18.6 Å². The second kappa shape index (κ2) is 6.37. The van der Waals surface area contributed by atoms with Crippen LogP contribution in [0.2, 0.25) is 0 Å². The van der Waals surface area contributed by atoms with E-state index < -0.39 is 0 Å². The van der Waals surface area contributed by atoms with E-state index in [-0.39, 0.29) is 5.88 Å². The number of benzene rings is 2. The third-order valence-electron chi connectivity index (χ3n) is 4.56. The van der Waals surface area contributed by atoms with E-state index in [4.69, 9.17) is 12.2 Å². The molecule has 4 rings (SSSR count). The number of hydrogen-bond acceptors (Lipinski definition) is 3. The fourth-order valence-corrected chi connectivity index (χ4v) is 3.64. The minimum atomic E-state index is 0.0857. The fraction of sp³-hybridized carbons (Fsp3) is 0.100. The Bertz CT molecular complexity index is 1150. The van der Waals surface area contributed by atoms with Crippen molar-refractivity contribution in [2.45, 2.75) is 13.8 Å². The van der Waals surface area contributed by atoms with Crippen LogP contribution in [0.4, 0.5) is 5.69 Å². The van der Waals surface area contributed by atoms with Gasteiger partial charge in [-0.2, -0.15) is 0 Å². The van der Waals surface area contributed by atoms with Gasteiger partial charge < -0.3 is 10.1 Å². The van der Waals surface area contributed by atoms with Crippen LogP contribution < -0.4 is 0 Å². The maximum Gasteiger partial charge on any atom is 0.222 e. The number of hydrogen-bond donors (Lipinski definition) is 2. The van der Waals surface area contributed by atoms with Gasteiger partial charge >= 0.3 is 0 Å². The molecule has 0 unspecified atom stereocenters. The van der Waals surface area contributed by atoms with Gasteiger partial charge in [-0.05, 0) is 73.6 Å². The Morgan fingerprint density at radius 2 is 1.96 bits per heavy atom. The summed E-state index contributed by atoms with van der Waals surface area (Å²) in [6, 6.07) is 11.9. The average Bonchev–Trinajstić information content (AvgIpc) is 3.11. The molecule has 0 amide bonds. The maximum atomic E-state index is 10.8. The highest BCUT2D eigenvalue weighted by molar-refractivity contribution is 9.10. The molecule has 3 aromatic rings. The molecule has 1 aliphatic heterocycles. The van der Waals surface area contributed by atoms with E-state index >= 15 is 0 Å². The first-order chi connectivity index (χ1) is 12.4. The lowest BCUT2D eigenvalue weighted by Crippen LogP contribution is -1.95. The molecule has 0 radical (unpaired) electrons. The van der Waals surface area contributed by atoms with Crippen LogP contribution in [0.5, 0.6) is 5.88 Å². The van der Waals surface area contributed by atoms with Crippen molar-refractivity contribution in [3.8, 4) is 11.6 Å². The average molecular weight is 426 g/mol. The van der Waals surface area contributed by atoms with Gasteiger partial charge in [0.1, 0.15) is 5.69 Å². The lowest BCUT2D eigenvalue weighted by molar-refractivity contribution is 0.441. The second-order valence-corrected chi connectivity index (χ2v) is 7.59. The SMILES string of the molecule is Cc1ccc(-n2c(O)c(/C=C3\C=Nc4ccc(Br)cc43)[nH]c2=S)cc1C. The second-order valence-electron chi connectivity index (χ2n) is 6.29. The predicted molar refractivity (Wildman–Crippen MR) is 112 cm³/mol. The number of nitrogens with one attached hydrogen (secondary N) is 1. The monoisotopic (exact) mass is 425 g/mol. The Morgan fingerprint density at radius 1 is 1.15 bits per heavy atom. The number of aliphatic imine (C=N–C) groups is 1. The minimum Gasteiger partial charge on any atom is -0.493 e. The molecule has 2 heterocycles. The van der Waals surface area contributed by atoms with E-state index in [9.17, 15) is 5.11 Å². The highest BCUT2D eigenvalue weighted by atomic mass is 79.9. The lowest BCUT2D eigenvalue weighted by atomic mass is 10.1. The molecular weight excluding hydrogens is 410 g/mol. The number of rotatable bonds is 2. The first-order valence-corrected chi connectivity index (χ1v) is 9.31. The van der Waals surface area contributed by atoms with Crippen molar-refractivity contribution in [1.29, 1.82) is 0 Å². The van der Waals surface area contributed by atoms with Gasteiger partial charge in [-0.3, -0.25) is 9.56 Å². The Labute approximate surface area is 164 Å². The number of allylic oxidation sites excluding steroid dienone is 1. The number of halogens is 1. The lowest BCUT2D eigenvalue weighted by Gasteiger charge is -2.07. The maximum absolute atomic E-state index is 10.8. The molecule has 6 heteroatoms. The largest absolute Gasteiger partial charge is 0.493 e. The summed E-state index contributed by atoms with van der Waals surface area (Å²) in [6.45, 7) is 4.10. The molecule has 0 saturated carbocycles. The molecule has 26 heavy (non-hydrogen) atoms. The molecule has 0 bridgehead atoms. The predicted octanol–water partition coefficient (Wildman–Crippen LogP) is 5.88. The molecule has 0 fully saturated rings. The highest BCUT2D eigenvalue weighted by Gasteiger charge is 2.16. The van der Waals surface area contributed by atoms with Crippen molar-refractivity contribution < 1.29 is 5.11 Å². The van der Waals surface area contributed by atoms with Gasteiger partial charge in [0.15, 0.2) is 4.77 Å². The molecule has 2 N–H and O–H groups in total. The number of nitrogens with zero attached hydrogens (tertiary/aromatic N) is 2. The number of aromatic nitrogens is 2. The van der Waals surface area contributed by atoms with Crippen LogP contribution in [0.25, 0.3) is 17.3 Å². The standard InChI is InChI=1S/C20H16BrN3OS/c1-11-3-5-15(7-12(11)2)24-19(25)18(23-20(24)26)8-13-10-22-17-6-4-14(21)9-16(13)17/h3-10,25H,1-2H3,(H,23,26)/b13-8+. The van der Waals surface area contributed by atoms with Crippen LogP contribution >= 0.6 is 28.1 Å². The number of fused-ring (bicyclic) bond motifs is 1. The zero-order valence-corrected chi connectivity index (χ0v) is 16.6. The normalized spacial score (nSPS) is 14.2. The molecule has 0 atom stereocenters. The molecule has 4 nitrogen and oxygen atoms in total. The zero-order valence-electron chi connectivity index (χ0n) is 14.2. The van der Waals surface area contributed by atoms with Crippen molar-refractivity contribution in [2.24, 2.45) is 4.99 Å². The molecular formula is C20H16BrN3OS. The van der Waals surface area contributed by atoms with Gasteiger partial charge in [-0.1, -0.05) is 22.0 Å². The first-order valence-electron chi connectivity index (χ1n) is 8.11. The Balaban J connectivity index is 1.82. The van der Waals surface area contributed by atoms with Crippen LogP contribution in [0.3, 0.4) is 0 Å². The molecule has 130 valence electrons. The van der Waals surface area contributed by atoms with Crippen molar-refractivity contribution in [3.05, 3.63) is 68.0 Å². The molecule has 2 aromatic carbocycles. The van der Waals surface area contributed by atoms with Crippen LogP contribution in [0.1, 0.15) is 22.4 Å². The van der Waals surface area contributed by atoms with Gasteiger partial charge in [0.05, 0.1) is 11.4 Å². The summed E-state index contributed by atoms with van der Waals surface area (Å²) in [7, 11) is 0. The number of aromatic hydroxyl groups is 1. The molecule has 1 aliphatic rings. The summed E-state index contributed by atoms with van der Waals surface area (Å²) in [5.74, 6) is 0.0857. The third-order valence-corrected chi connectivity index (χ3v) is 5.34. The molecule has 0 saturated heterocycles. The minimum absolute atomic E-state index is 0.0857. The van der Waals surface area contributed by atoms with E-state index in [1.807, 2.05) is 49.4 Å². The van der Waals surface area contributed by atoms with E-state index in [2.05, 4.69) is 32.8 Å². The number of aromatic amines is 1. The van der Waals surface area contributed by atoms with Gasteiger partial charge in [0.2, 0.25) is 5.88 Å². The topological polar surface area (TPSA) is 53.3 Å². The summed E-state index contributed by atoms with van der Waals surface area (Å²) in [5.41, 5.74) is 6.57. The molecule has 0 spiro atoms. The number of imidazole rings is 1. The van der Waals surface area contributed by atoms with Gasteiger partial charge in [0.25, 0.3) is 0 Å². The van der Waals surface area contributed by atoms with E-state index in [0.717, 1.165) is 32.5 Å². The summed E-state index contributed by atoms with van der Waals surface area (Å²) < 4.78 is 3.07.